The maximum absolute atomic E-state index is 12.7. The predicted octanol–water partition coefficient (Wildman–Crippen LogP) is 5.71. The Morgan fingerprint density at radius 2 is 1.74 bits per heavy atom. The van der Waals surface area contributed by atoms with Crippen molar-refractivity contribution < 1.29 is 13.2 Å². The van der Waals surface area contributed by atoms with Crippen LogP contribution in [0.25, 0.3) is 20.8 Å². The Morgan fingerprint density at radius 3 is 2.45 bits per heavy atom. The van der Waals surface area contributed by atoms with Crippen LogP contribution in [0.1, 0.15) is 29.8 Å². The standard InChI is InChI=1S/C24H22N2O3S2/c1-15(2)31(28,29)20-6-4-5-18(14-20)23(27)25-19-10-8-17(9-11-19)24-26-21-12-7-16(3)13-22(21)30-24/h4-15H,1-3H3,(H,25,27). The summed E-state index contributed by atoms with van der Waals surface area (Å²) in [4.78, 5) is 17.5. The lowest BCUT2D eigenvalue weighted by molar-refractivity contribution is 0.102. The third-order valence-electron chi connectivity index (χ3n) is 4.98. The Labute approximate surface area is 185 Å². The van der Waals surface area contributed by atoms with Crippen molar-refractivity contribution in [3.8, 4) is 10.6 Å². The van der Waals surface area contributed by atoms with Crippen LogP contribution in [-0.2, 0) is 9.84 Å². The Balaban J connectivity index is 1.53. The molecule has 1 amide bonds. The van der Waals surface area contributed by atoms with Crippen molar-refractivity contribution in [3.63, 3.8) is 0 Å². The number of aryl methyl sites for hydroxylation is 1. The van der Waals surface area contributed by atoms with Crippen LogP contribution < -0.4 is 5.32 Å². The lowest BCUT2D eigenvalue weighted by Crippen LogP contribution is -2.16. The largest absolute Gasteiger partial charge is 0.322 e. The van der Waals surface area contributed by atoms with Crippen LogP contribution >= 0.6 is 11.3 Å². The predicted molar refractivity (Wildman–Crippen MR) is 127 cm³/mol. The van der Waals surface area contributed by atoms with Crippen molar-refractivity contribution in [1.29, 1.82) is 0 Å². The average Bonchev–Trinajstić information content (AvgIpc) is 3.17. The molecule has 0 spiro atoms. The van der Waals surface area contributed by atoms with E-state index in [2.05, 4.69) is 23.3 Å². The number of thiazole rings is 1. The SMILES string of the molecule is Cc1ccc2nc(-c3ccc(NC(=O)c4cccc(S(=O)(=O)C(C)C)c4)cc3)sc2c1. The zero-order valence-corrected chi connectivity index (χ0v) is 19.0. The van der Waals surface area contributed by atoms with Gasteiger partial charge in [0.05, 0.1) is 20.4 Å². The molecule has 5 nitrogen and oxygen atoms in total. The Morgan fingerprint density at radius 1 is 1.00 bits per heavy atom. The molecular weight excluding hydrogens is 428 g/mol. The molecule has 0 saturated heterocycles. The summed E-state index contributed by atoms with van der Waals surface area (Å²) < 4.78 is 25.9. The molecule has 1 N–H and O–H groups in total. The molecule has 1 aromatic heterocycles. The second kappa shape index (κ2) is 8.24. The zero-order chi connectivity index (χ0) is 22.2. The first-order valence-electron chi connectivity index (χ1n) is 9.87. The van der Waals surface area contributed by atoms with Gasteiger partial charge in [-0.2, -0.15) is 0 Å². The molecule has 0 radical (unpaired) electrons. The van der Waals surface area contributed by atoms with E-state index in [4.69, 9.17) is 0 Å². The fraction of sp³-hybridized carbons (Fsp3) is 0.167. The Bertz CT molecular complexity index is 1370. The Kier molecular flexibility index (Phi) is 5.64. The van der Waals surface area contributed by atoms with Gasteiger partial charge in [-0.3, -0.25) is 4.79 Å². The van der Waals surface area contributed by atoms with Gasteiger partial charge >= 0.3 is 0 Å². The molecule has 0 aliphatic carbocycles. The van der Waals surface area contributed by atoms with E-state index in [9.17, 15) is 13.2 Å². The highest BCUT2D eigenvalue weighted by molar-refractivity contribution is 7.92. The molecule has 0 unspecified atom stereocenters. The number of benzene rings is 3. The molecule has 1 heterocycles. The number of anilines is 1. The molecule has 0 fully saturated rings. The van der Waals surface area contributed by atoms with Crippen molar-refractivity contribution in [2.75, 3.05) is 5.32 Å². The lowest BCUT2D eigenvalue weighted by Gasteiger charge is -2.10. The fourth-order valence-electron chi connectivity index (χ4n) is 3.14. The monoisotopic (exact) mass is 450 g/mol. The molecule has 31 heavy (non-hydrogen) atoms. The van der Waals surface area contributed by atoms with Crippen molar-refractivity contribution in [2.45, 2.75) is 30.9 Å². The summed E-state index contributed by atoms with van der Waals surface area (Å²) >= 11 is 1.63. The molecule has 158 valence electrons. The number of rotatable bonds is 5. The van der Waals surface area contributed by atoms with Gasteiger partial charge < -0.3 is 5.32 Å². The molecule has 0 aliphatic heterocycles. The minimum Gasteiger partial charge on any atom is -0.322 e. The normalized spacial score (nSPS) is 11.7. The van der Waals surface area contributed by atoms with Gasteiger partial charge in [-0.25, -0.2) is 13.4 Å². The maximum atomic E-state index is 12.7. The number of fused-ring (bicyclic) bond motifs is 1. The lowest BCUT2D eigenvalue weighted by atomic mass is 10.2. The van der Waals surface area contributed by atoms with Gasteiger partial charge in [0, 0.05) is 16.8 Å². The number of sulfone groups is 1. The van der Waals surface area contributed by atoms with Gasteiger partial charge in [-0.1, -0.05) is 12.1 Å². The molecule has 0 atom stereocenters. The van der Waals surface area contributed by atoms with Crippen LogP contribution in [0, 0.1) is 6.92 Å². The van der Waals surface area contributed by atoms with Crippen LogP contribution in [0.4, 0.5) is 5.69 Å². The second-order valence-corrected chi connectivity index (χ2v) is 11.2. The highest BCUT2D eigenvalue weighted by atomic mass is 32.2. The molecule has 4 rings (SSSR count). The van der Waals surface area contributed by atoms with Crippen molar-refractivity contribution >= 4 is 43.0 Å². The van der Waals surface area contributed by atoms with Crippen molar-refractivity contribution in [3.05, 3.63) is 77.9 Å². The van der Waals surface area contributed by atoms with E-state index in [0.717, 1.165) is 20.8 Å². The number of amides is 1. The van der Waals surface area contributed by atoms with Crippen LogP contribution in [0.3, 0.4) is 0 Å². The average molecular weight is 451 g/mol. The first-order valence-corrected chi connectivity index (χ1v) is 12.2. The summed E-state index contributed by atoms with van der Waals surface area (Å²) in [5, 5.41) is 3.20. The van der Waals surface area contributed by atoms with Crippen molar-refractivity contribution in [2.24, 2.45) is 0 Å². The van der Waals surface area contributed by atoms with E-state index in [1.54, 1.807) is 37.3 Å². The molecule has 0 bridgehead atoms. The highest BCUT2D eigenvalue weighted by Crippen LogP contribution is 2.31. The number of hydrogen-bond donors (Lipinski definition) is 1. The maximum Gasteiger partial charge on any atom is 0.255 e. The summed E-state index contributed by atoms with van der Waals surface area (Å²) in [6, 6.07) is 19.8. The Hall–Kier alpha value is -3.03. The summed E-state index contributed by atoms with van der Waals surface area (Å²) in [7, 11) is -3.44. The fourth-order valence-corrected chi connectivity index (χ4v) is 5.31. The highest BCUT2D eigenvalue weighted by Gasteiger charge is 2.20. The third-order valence-corrected chi connectivity index (χ3v) is 8.20. The van der Waals surface area contributed by atoms with E-state index in [1.165, 1.54) is 17.7 Å². The van der Waals surface area contributed by atoms with Gasteiger partial charge in [0.2, 0.25) is 0 Å². The number of hydrogen-bond acceptors (Lipinski definition) is 5. The van der Waals surface area contributed by atoms with Crippen LogP contribution in [0.5, 0.6) is 0 Å². The second-order valence-electron chi connectivity index (χ2n) is 7.64. The first kappa shape index (κ1) is 21.2. The van der Waals surface area contributed by atoms with Crippen molar-refractivity contribution in [1.82, 2.24) is 4.98 Å². The van der Waals surface area contributed by atoms with Crippen LogP contribution in [0.15, 0.2) is 71.6 Å². The van der Waals surface area contributed by atoms with E-state index >= 15 is 0 Å². The summed E-state index contributed by atoms with van der Waals surface area (Å²) in [5.41, 5.74) is 4.07. The number of nitrogens with one attached hydrogen (secondary N) is 1. The number of carbonyl (C=O) groups excluding carboxylic acids is 1. The topological polar surface area (TPSA) is 76.1 Å². The first-order chi connectivity index (χ1) is 14.7. The molecule has 0 saturated carbocycles. The summed E-state index contributed by atoms with van der Waals surface area (Å²) in [6.45, 7) is 5.30. The number of nitrogens with zero attached hydrogens (tertiary/aromatic N) is 1. The van der Waals surface area contributed by atoms with Gasteiger partial charge in [0.15, 0.2) is 9.84 Å². The molecule has 3 aromatic carbocycles. The molecule has 7 heteroatoms. The van der Waals surface area contributed by atoms with Gasteiger partial charge in [-0.15, -0.1) is 11.3 Å². The molecule has 4 aromatic rings. The number of aromatic nitrogens is 1. The molecular formula is C24H22N2O3S2. The van der Waals surface area contributed by atoms with E-state index in [1.807, 2.05) is 36.4 Å². The minimum absolute atomic E-state index is 0.150. The summed E-state index contributed by atoms with van der Waals surface area (Å²) in [5.74, 6) is -0.357. The van der Waals surface area contributed by atoms with E-state index in [0.29, 0.717) is 11.3 Å². The van der Waals surface area contributed by atoms with Gasteiger partial charge in [-0.05, 0) is 80.9 Å². The smallest absolute Gasteiger partial charge is 0.255 e. The van der Waals surface area contributed by atoms with E-state index in [-0.39, 0.29) is 10.8 Å². The van der Waals surface area contributed by atoms with Gasteiger partial charge in [0.25, 0.3) is 5.91 Å². The zero-order valence-electron chi connectivity index (χ0n) is 17.4. The van der Waals surface area contributed by atoms with Crippen LogP contribution in [0.2, 0.25) is 0 Å². The van der Waals surface area contributed by atoms with Gasteiger partial charge in [0.1, 0.15) is 5.01 Å². The van der Waals surface area contributed by atoms with Crippen LogP contribution in [-0.4, -0.2) is 24.6 Å². The molecule has 0 aliphatic rings. The number of carbonyl (C=O) groups is 1. The summed E-state index contributed by atoms with van der Waals surface area (Å²) in [6.07, 6.45) is 0. The quantitative estimate of drug-likeness (QED) is 0.423. The third kappa shape index (κ3) is 4.38. The van der Waals surface area contributed by atoms with E-state index < -0.39 is 15.1 Å². The minimum atomic E-state index is -3.44.